The number of rotatable bonds is 8. The minimum absolute atomic E-state index is 0.0526. The van der Waals surface area contributed by atoms with Crippen LogP contribution >= 0.6 is 0 Å². The molecule has 0 aliphatic carbocycles. The first-order valence-corrected chi connectivity index (χ1v) is 13.9. The Labute approximate surface area is 237 Å². The lowest BCUT2D eigenvalue weighted by atomic mass is 9.95. The molecule has 1 aromatic heterocycles. The first kappa shape index (κ1) is 27.2. The fourth-order valence-electron chi connectivity index (χ4n) is 5.83. The van der Waals surface area contributed by atoms with Gasteiger partial charge in [-0.1, -0.05) is 44.2 Å². The van der Waals surface area contributed by atoms with Crippen LogP contribution in [0.4, 0.5) is 10.2 Å². The van der Waals surface area contributed by atoms with Crippen LogP contribution in [0.15, 0.2) is 48.5 Å². The molecular formula is C31H34FN5O4. The van der Waals surface area contributed by atoms with Gasteiger partial charge in [-0.15, -0.1) is 0 Å². The molecule has 3 heterocycles. The molecule has 41 heavy (non-hydrogen) atoms. The fourth-order valence-corrected chi connectivity index (χ4v) is 5.83. The number of ether oxygens (including phenoxy) is 1. The average Bonchev–Trinajstić information content (AvgIpc) is 3.31. The Hall–Kier alpha value is -4.02. The molecule has 4 N–H and O–H groups in total. The van der Waals surface area contributed by atoms with Crippen LogP contribution in [0.1, 0.15) is 26.7 Å². The summed E-state index contributed by atoms with van der Waals surface area (Å²) in [5.41, 5.74) is 0.543. The number of aromatic nitrogens is 2. The maximum absolute atomic E-state index is 16.5. The summed E-state index contributed by atoms with van der Waals surface area (Å²) in [6.45, 7) is 5.17. The molecule has 4 aromatic rings. The number of carbonyl (C=O) groups is 1. The largest absolute Gasteiger partial charge is 0.508 e. The first-order chi connectivity index (χ1) is 19.7. The molecule has 6 rings (SSSR count). The van der Waals surface area contributed by atoms with E-state index < -0.39 is 23.7 Å². The van der Waals surface area contributed by atoms with E-state index in [9.17, 15) is 9.90 Å². The van der Waals surface area contributed by atoms with Crippen LogP contribution in [0.2, 0.25) is 0 Å². The molecule has 2 bridgehead atoms. The second kappa shape index (κ2) is 10.8. The van der Waals surface area contributed by atoms with Crippen molar-refractivity contribution in [1.29, 1.82) is 0 Å². The van der Waals surface area contributed by atoms with Crippen molar-refractivity contribution in [2.45, 2.75) is 38.8 Å². The second-order valence-electron chi connectivity index (χ2n) is 11.8. The lowest BCUT2D eigenvalue weighted by Gasteiger charge is -2.34. The highest BCUT2D eigenvalue weighted by Gasteiger charge is 2.34. The number of fused-ring (bicyclic) bond motifs is 4. The summed E-state index contributed by atoms with van der Waals surface area (Å²) in [6, 6.07) is 15.1. The van der Waals surface area contributed by atoms with Crippen LogP contribution in [-0.2, 0) is 4.79 Å². The van der Waals surface area contributed by atoms with Crippen LogP contribution < -0.4 is 20.3 Å². The number of hydrogen-bond acceptors (Lipinski definition) is 8. The summed E-state index contributed by atoms with van der Waals surface area (Å²) in [4.78, 5) is 23.1. The van der Waals surface area contributed by atoms with Crippen LogP contribution in [0.5, 0.6) is 11.8 Å². The summed E-state index contributed by atoms with van der Waals surface area (Å²) in [7, 11) is 0. The van der Waals surface area contributed by atoms with E-state index in [4.69, 9.17) is 14.8 Å². The standard InChI is InChI=1S/C31H34FN5O4/c1-31(2,16-33-26(40)15-38)17-41-30-35-28-24(29(36-30)37-13-19-7-8-20(14-37)34-19)10-9-23(27(28)32)25-12-21(39)11-18-5-3-4-6-22(18)25/h3-6,9-12,19-20,34,38-39H,7-8,13-17H2,1-2H3,(H,33,40). The summed E-state index contributed by atoms with van der Waals surface area (Å²) >= 11 is 0. The number of piperazine rings is 1. The van der Waals surface area contributed by atoms with Gasteiger partial charge in [-0.25, -0.2) is 4.39 Å². The number of aliphatic hydroxyl groups is 1. The highest BCUT2D eigenvalue weighted by molar-refractivity contribution is 6.01. The number of anilines is 1. The van der Waals surface area contributed by atoms with E-state index in [0.717, 1.165) is 36.7 Å². The topological polar surface area (TPSA) is 120 Å². The van der Waals surface area contributed by atoms with Gasteiger partial charge in [0.05, 0.1) is 6.61 Å². The molecule has 0 spiro atoms. The first-order valence-electron chi connectivity index (χ1n) is 13.9. The van der Waals surface area contributed by atoms with Gasteiger partial charge in [0.25, 0.3) is 0 Å². The van der Waals surface area contributed by atoms with Crippen molar-refractivity contribution in [2.24, 2.45) is 5.41 Å². The van der Waals surface area contributed by atoms with Gasteiger partial charge in [0.1, 0.15) is 23.7 Å². The van der Waals surface area contributed by atoms with Gasteiger partial charge in [-0.2, -0.15) is 9.97 Å². The normalized spacial score (nSPS) is 18.7. The zero-order valence-corrected chi connectivity index (χ0v) is 23.2. The van der Waals surface area contributed by atoms with Crippen molar-refractivity contribution in [3.8, 4) is 22.9 Å². The van der Waals surface area contributed by atoms with E-state index >= 15 is 4.39 Å². The second-order valence-corrected chi connectivity index (χ2v) is 11.8. The van der Waals surface area contributed by atoms with Crippen molar-refractivity contribution in [1.82, 2.24) is 20.6 Å². The lowest BCUT2D eigenvalue weighted by molar-refractivity contribution is -0.124. The minimum atomic E-state index is -0.586. The number of hydrogen-bond donors (Lipinski definition) is 4. The zero-order valence-electron chi connectivity index (χ0n) is 23.2. The maximum Gasteiger partial charge on any atom is 0.319 e. The smallest absolute Gasteiger partial charge is 0.319 e. The van der Waals surface area contributed by atoms with Crippen molar-refractivity contribution in [3.63, 3.8) is 0 Å². The number of phenolic OH excluding ortho intramolecular Hbond substituents is 1. The monoisotopic (exact) mass is 559 g/mol. The predicted molar refractivity (Wildman–Crippen MR) is 156 cm³/mol. The van der Waals surface area contributed by atoms with E-state index in [1.165, 1.54) is 0 Å². The number of phenols is 1. The quantitative estimate of drug-likeness (QED) is 0.258. The fraction of sp³-hybridized carbons (Fsp3) is 0.387. The van der Waals surface area contributed by atoms with Gasteiger partial charge in [0.2, 0.25) is 5.91 Å². The molecule has 2 unspecified atom stereocenters. The Morgan fingerprint density at radius 3 is 2.61 bits per heavy atom. The third-order valence-electron chi connectivity index (χ3n) is 7.92. The van der Waals surface area contributed by atoms with Gasteiger partial charge in [0, 0.05) is 48.1 Å². The van der Waals surface area contributed by atoms with Crippen molar-refractivity contribution in [3.05, 3.63) is 54.3 Å². The molecule has 2 saturated heterocycles. The van der Waals surface area contributed by atoms with Gasteiger partial charge in [-0.05, 0) is 47.4 Å². The number of nitrogens with one attached hydrogen (secondary N) is 2. The molecule has 9 nitrogen and oxygen atoms in total. The zero-order chi connectivity index (χ0) is 28.7. The third-order valence-corrected chi connectivity index (χ3v) is 7.92. The van der Waals surface area contributed by atoms with E-state index in [0.29, 0.717) is 34.4 Å². The number of aromatic hydroxyl groups is 1. The molecule has 0 radical (unpaired) electrons. The number of aliphatic hydroxyl groups excluding tert-OH is 1. The molecule has 0 saturated carbocycles. The van der Waals surface area contributed by atoms with E-state index in [1.54, 1.807) is 18.2 Å². The number of benzene rings is 3. The molecule has 2 atom stereocenters. The number of halogens is 1. The number of carbonyl (C=O) groups excluding carboxylic acids is 1. The summed E-state index contributed by atoms with van der Waals surface area (Å²) in [6.07, 6.45) is 2.18. The van der Waals surface area contributed by atoms with E-state index in [2.05, 4.69) is 20.5 Å². The van der Waals surface area contributed by atoms with Crippen LogP contribution in [0, 0.1) is 11.2 Å². The number of nitrogens with zero attached hydrogens (tertiary/aromatic N) is 3. The molecule has 3 aromatic carbocycles. The van der Waals surface area contributed by atoms with Gasteiger partial charge >= 0.3 is 6.01 Å². The molecule has 2 aliphatic heterocycles. The Bertz CT molecular complexity index is 1620. The SMILES string of the molecule is CC(C)(CNC(=O)CO)COc1nc(N2CC3CCC(C2)N3)c2ccc(-c3cc(O)cc4ccccc34)c(F)c2n1. The Kier molecular flexibility index (Phi) is 7.13. The summed E-state index contributed by atoms with van der Waals surface area (Å²) in [5, 5.41) is 27.9. The van der Waals surface area contributed by atoms with E-state index in [1.807, 2.05) is 44.2 Å². The maximum atomic E-state index is 16.5. The molecular weight excluding hydrogens is 525 g/mol. The van der Waals surface area contributed by atoms with Gasteiger partial charge in [-0.3, -0.25) is 4.79 Å². The highest BCUT2D eigenvalue weighted by atomic mass is 19.1. The van der Waals surface area contributed by atoms with Gasteiger partial charge < -0.3 is 30.5 Å². The predicted octanol–water partition coefficient (Wildman–Crippen LogP) is 3.75. The average molecular weight is 560 g/mol. The number of amides is 1. The Morgan fingerprint density at radius 2 is 1.85 bits per heavy atom. The molecule has 10 heteroatoms. The van der Waals surface area contributed by atoms with Crippen molar-refractivity contribution in [2.75, 3.05) is 37.7 Å². The summed E-state index contributed by atoms with van der Waals surface area (Å²) in [5.74, 6) is -0.303. The van der Waals surface area contributed by atoms with Crippen LogP contribution in [0.3, 0.4) is 0 Å². The molecule has 2 fully saturated rings. The highest BCUT2D eigenvalue weighted by Crippen LogP contribution is 2.39. The van der Waals surface area contributed by atoms with Crippen LogP contribution in [-0.4, -0.2) is 71.0 Å². The molecule has 2 aliphatic rings. The Balaban J connectivity index is 1.43. The Morgan fingerprint density at radius 1 is 1.10 bits per heavy atom. The summed E-state index contributed by atoms with van der Waals surface area (Å²) < 4.78 is 22.6. The van der Waals surface area contributed by atoms with Crippen molar-refractivity contribution < 1.29 is 24.1 Å². The molecule has 214 valence electrons. The van der Waals surface area contributed by atoms with Gasteiger partial charge in [0.15, 0.2) is 5.82 Å². The molecule has 1 amide bonds. The lowest BCUT2D eigenvalue weighted by Crippen LogP contribution is -2.51. The third kappa shape index (κ3) is 5.49. The van der Waals surface area contributed by atoms with E-state index in [-0.39, 0.29) is 30.4 Å². The van der Waals surface area contributed by atoms with Crippen molar-refractivity contribution >= 4 is 33.4 Å². The van der Waals surface area contributed by atoms with Crippen LogP contribution in [0.25, 0.3) is 32.8 Å². The minimum Gasteiger partial charge on any atom is -0.508 e.